The Morgan fingerprint density at radius 2 is 2.07 bits per heavy atom. The van der Waals surface area contributed by atoms with E-state index in [-0.39, 0.29) is 11.8 Å². The number of benzene rings is 2. The summed E-state index contributed by atoms with van der Waals surface area (Å²) >= 11 is 7.39. The minimum atomic E-state index is -0.441. The smallest absolute Gasteiger partial charge is 0.322 e. The van der Waals surface area contributed by atoms with Gasteiger partial charge in [-0.15, -0.1) is 11.3 Å². The van der Waals surface area contributed by atoms with E-state index in [1.54, 1.807) is 17.3 Å². The van der Waals surface area contributed by atoms with Gasteiger partial charge in [-0.05, 0) is 41.5 Å². The summed E-state index contributed by atoms with van der Waals surface area (Å²) in [7, 11) is 0. The molecule has 2 amide bonds. The van der Waals surface area contributed by atoms with Crippen LogP contribution in [0.25, 0.3) is 22.2 Å². The van der Waals surface area contributed by atoms with Gasteiger partial charge in [0.1, 0.15) is 5.82 Å². The molecule has 0 saturated carbocycles. The Balaban J connectivity index is 1.53. The molecule has 2 aromatic carbocycles. The average Bonchev–Trinajstić information content (AvgIpc) is 3.40. The van der Waals surface area contributed by atoms with E-state index >= 15 is 4.39 Å². The lowest BCUT2D eigenvalue weighted by atomic mass is 10.0. The van der Waals surface area contributed by atoms with Crippen molar-refractivity contribution in [3.8, 4) is 11.1 Å². The minimum absolute atomic E-state index is 0.257. The summed E-state index contributed by atoms with van der Waals surface area (Å²) in [6.07, 6.45) is 1.60. The van der Waals surface area contributed by atoms with Crippen molar-refractivity contribution in [2.75, 3.05) is 11.4 Å². The maximum atomic E-state index is 15.0. The number of aromatic nitrogens is 2. The van der Waals surface area contributed by atoms with Crippen LogP contribution in [0.5, 0.6) is 0 Å². The molecule has 8 heteroatoms. The number of H-pyrrole nitrogens is 1. The first-order chi connectivity index (χ1) is 13.6. The number of hydrogen-bond acceptors (Lipinski definition) is 3. The second kappa shape index (κ2) is 6.61. The lowest BCUT2D eigenvalue weighted by molar-refractivity contribution is 0.251. The SMILES string of the molecule is O=C1NCC(c2ccc(-c3csc(Cl)c3)cc2F)N1c1ccc2[nH]cnc2c1. The third-order valence-electron chi connectivity index (χ3n) is 4.92. The van der Waals surface area contributed by atoms with Gasteiger partial charge in [-0.3, -0.25) is 4.90 Å². The third kappa shape index (κ3) is 2.83. The van der Waals surface area contributed by atoms with Crippen molar-refractivity contribution in [3.05, 3.63) is 69.9 Å². The quantitative estimate of drug-likeness (QED) is 0.476. The number of aromatic amines is 1. The van der Waals surface area contributed by atoms with Gasteiger partial charge in [0, 0.05) is 23.2 Å². The highest BCUT2D eigenvalue weighted by atomic mass is 35.5. The standard InChI is InChI=1S/C20H14ClFN4OS/c21-19-6-12(9-28-19)11-1-3-14(15(22)5-11)18-8-23-20(27)26(18)13-2-4-16-17(7-13)25-10-24-16/h1-7,9-10,18H,8H2,(H,23,27)(H,24,25). The van der Waals surface area contributed by atoms with Crippen molar-refractivity contribution in [1.29, 1.82) is 0 Å². The average molecular weight is 413 g/mol. The maximum absolute atomic E-state index is 15.0. The fourth-order valence-electron chi connectivity index (χ4n) is 3.56. The van der Waals surface area contributed by atoms with Crippen LogP contribution >= 0.6 is 22.9 Å². The van der Waals surface area contributed by atoms with Crippen molar-refractivity contribution in [2.45, 2.75) is 6.04 Å². The number of urea groups is 1. The van der Waals surface area contributed by atoms with Crippen molar-refractivity contribution in [2.24, 2.45) is 0 Å². The Hall–Kier alpha value is -2.90. The summed E-state index contributed by atoms with van der Waals surface area (Å²) < 4.78 is 15.7. The van der Waals surface area contributed by atoms with Gasteiger partial charge < -0.3 is 10.3 Å². The lowest BCUT2D eigenvalue weighted by Crippen LogP contribution is -2.30. The summed E-state index contributed by atoms with van der Waals surface area (Å²) in [5.41, 5.74) is 4.40. The van der Waals surface area contributed by atoms with E-state index in [0.29, 0.717) is 22.1 Å². The molecule has 5 nitrogen and oxygen atoms in total. The fourth-order valence-corrected chi connectivity index (χ4v) is 4.45. The predicted octanol–water partition coefficient (Wildman–Crippen LogP) is 5.35. The fraction of sp³-hybridized carbons (Fsp3) is 0.100. The lowest BCUT2D eigenvalue weighted by Gasteiger charge is -2.24. The van der Waals surface area contributed by atoms with Crippen molar-refractivity contribution >= 4 is 45.7 Å². The predicted molar refractivity (Wildman–Crippen MR) is 109 cm³/mol. The molecule has 1 aliphatic rings. The number of carbonyl (C=O) groups excluding carboxylic acids is 1. The highest BCUT2D eigenvalue weighted by Crippen LogP contribution is 2.35. The van der Waals surface area contributed by atoms with Crippen molar-refractivity contribution in [3.63, 3.8) is 0 Å². The number of anilines is 1. The van der Waals surface area contributed by atoms with Gasteiger partial charge in [-0.1, -0.05) is 23.7 Å². The summed E-state index contributed by atoms with van der Waals surface area (Å²) in [4.78, 5) is 21.3. The van der Waals surface area contributed by atoms with Crippen LogP contribution in [0.1, 0.15) is 11.6 Å². The van der Waals surface area contributed by atoms with E-state index in [1.165, 1.54) is 17.4 Å². The van der Waals surface area contributed by atoms with Gasteiger partial charge in [0.2, 0.25) is 0 Å². The number of hydrogen-bond donors (Lipinski definition) is 2. The first kappa shape index (κ1) is 17.2. The van der Waals surface area contributed by atoms with E-state index in [0.717, 1.165) is 22.2 Å². The summed E-state index contributed by atoms with van der Waals surface area (Å²) in [5.74, 6) is -0.354. The van der Waals surface area contributed by atoms with Gasteiger partial charge >= 0.3 is 6.03 Å². The molecule has 2 aromatic heterocycles. The third-order valence-corrected chi connectivity index (χ3v) is 6.01. The van der Waals surface area contributed by atoms with Crippen molar-refractivity contribution in [1.82, 2.24) is 15.3 Å². The number of nitrogens with zero attached hydrogens (tertiary/aromatic N) is 2. The highest BCUT2D eigenvalue weighted by Gasteiger charge is 2.35. The molecule has 1 saturated heterocycles. The second-order valence-electron chi connectivity index (χ2n) is 6.55. The molecule has 3 heterocycles. The zero-order chi connectivity index (χ0) is 19.3. The van der Waals surface area contributed by atoms with Gasteiger partial charge in [0.25, 0.3) is 0 Å². The van der Waals surface area contributed by atoms with Gasteiger partial charge in [0.05, 0.1) is 27.7 Å². The molecular formula is C20H14ClFN4OS. The van der Waals surface area contributed by atoms with E-state index in [1.807, 2.05) is 35.7 Å². The van der Waals surface area contributed by atoms with Gasteiger partial charge in [-0.25, -0.2) is 14.2 Å². The Labute approximate surface area is 168 Å². The number of carbonyl (C=O) groups is 1. The molecule has 140 valence electrons. The number of rotatable bonds is 3. The Morgan fingerprint density at radius 3 is 2.86 bits per heavy atom. The van der Waals surface area contributed by atoms with E-state index in [2.05, 4.69) is 15.3 Å². The first-order valence-electron chi connectivity index (χ1n) is 8.64. The zero-order valence-corrected chi connectivity index (χ0v) is 16.0. The molecule has 2 N–H and O–H groups in total. The van der Waals surface area contributed by atoms with Crippen LogP contribution in [0.4, 0.5) is 14.9 Å². The molecule has 0 aliphatic carbocycles. The van der Waals surface area contributed by atoms with Crippen LogP contribution in [0.3, 0.4) is 0 Å². The van der Waals surface area contributed by atoms with Gasteiger partial charge in [0.15, 0.2) is 0 Å². The molecule has 1 atom stereocenters. The molecule has 1 unspecified atom stereocenters. The van der Waals surface area contributed by atoms with Crippen LogP contribution in [0, 0.1) is 5.82 Å². The zero-order valence-electron chi connectivity index (χ0n) is 14.4. The van der Waals surface area contributed by atoms with E-state index in [9.17, 15) is 4.79 Å². The first-order valence-corrected chi connectivity index (χ1v) is 9.90. The molecule has 5 rings (SSSR count). The molecule has 0 spiro atoms. The highest BCUT2D eigenvalue weighted by molar-refractivity contribution is 7.14. The number of thiophene rings is 1. The largest absolute Gasteiger partial charge is 0.345 e. The normalized spacial score (nSPS) is 16.7. The molecular weight excluding hydrogens is 399 g/mol. The molecule has 0 bridgehead atoms. The van der Waals surface area contributed by atoms with Crippen molar-refractivity contribution < 1.29 is 9.18 Å². The minimum Gasteiger partial charge on any atom is -0.345 e. The number of nitrogens with one attached hydrogen (secondary N) is 2. The summed E-state index contributed by atoms with van der Waals surface area (Å²) in [6.45, 7) is 0.331. The summed E-state index contributed by atoms with van der Waals surface area (Å²) in [6, 6.07) is 11.7. The number of halogens is 2. The van der Waals surface area contributed by atoms with Crippen LogP contribution in [0.2, 0.25) is 4.34 Å². The second-order valence-corrected chi connectivity index (χ2v) is 8.09. The number of amides is 2. The van der Waals surface area contributed by atoms with Crippen LogP contribution < -0.4 is 10.2 Å². The maximum Gasteiger partial charge on any atom is 0.322 e. The Bertz CT molecular complexity index is 1200. The molecule has 0 radical (unpaired) electrons. The molecule has 1 aliphatic heterocycles. The number of imidazole rings is 1. The number of fused-ring (bicyclic) bond motifs is 1. The topological polar surface area (TPSA) is 61.0 Å². The van der Waals surface area contributed by atoms with Gasteiger partial charge in [-0.2, -0.15) is 0 Å². The monoisotopic (exact) mass is 412 g/mol. The molecule has 1 fully saturated rings. The van der Waals surface area contributed by atoms with Crippen LogP contribution in [-0.2, 0) is 0 Å². The van der Waals surface area contributed by atoms with Crippen LogP contribution in [-0.4, -0.2) is 22.5 Å². The Morgan fingerprint density at radius 1 is 1.18 bits per heavy atom. The molecule has 28 heavy (non-hydrogen) atoms. The van der Waals surface area contributed by atoms with Crippen LogP contribution in [0.15, 0.2) is 54.2 Å². The molecule has 4 aromatic rings. The van der Waals surface area contributed by atoms with E-state index in [4.69, 9.17) is 11.6 Å². The van der Waals surface area contributed by atoms with E-state index < -0.39 is 6.04 Å². The summed E-state index contributed by atoms with van der Waals surface area (Å²) in [5, 5.41) is 4.70. The Kier molecular flexibility index (Phi) is 4.07.